The molecule has 3 rings (SSSR count). The lowest BCUT2D eigenvalue weighted by atomic mass is 9.86. The van der Waals surface area contributed by atoms with E-state index in [-0.39, 0.29) is 11.3 Å². The number of benzene rings is 1. The lowest BCUT2D eigenvalue weighted by Crippen LogP contribution is -2.45. The summed E-state index contributed by atoms with van der Waals surface area (Å²) in [6.45, 7) is 7.52. The van der Waals surface area contributed by atoms with Gasteiger partial charge in [-0.25, -0.2) is 0 Å². The molecule has 0 saturated carbocycles. The fraction of sp³-hybridized carbons (Fsp3) is 0.450. The van der Waals surface area contributed by atoms with Crippen molar-refractivity contribution in [3.05, 3.63) is 52.7 Å². The third-order valence-electron chi connectivity index (χ3n) is 5.08. The van der Waals surface area contributed by atoms with Gasteiger partial charge in [0.1, 0.15) is 5.75 Å². The Bertz CT molecular complexity index is 680. The van der Waals surface area contributed by atoms with Crippen molar-refractivity contribution in [3.8, 4) is 5.75 Å². The number of hydrogen-bond acceptors (Lipinski definition) is 3. The van der Waals surface area contributed by atoms with Crippen molar-refractivity contribution in [2.45, 2.75) is 45.6 Å². The molecule has 0 spiro atoms. The van der Waals surface area contributed by atoms with Crippen LogP contribution in [0.2, 0.25) is 0 Å². The highest BCUT2D eigenvalue weighted by Crippen LogP contribution is 2.42. The van der Waals surface area contributed by atoms with Crippen molar-refractivity contribution in [1.82, 2.24) is 4.90 Å². The first kappa shape index (κ1) is 15.9. The van der Waals surface area contributed by atoms with E-state index in [9.17, 15) is 4.79 Å². The number of methoxy groups -OCH3 is 1. The van der Waals surface area contributed by atoms with Crippen molar-refractivity contribution >= 4 is 5.78 Å². The normalized spacial score (nSPS) is 23.7. The van der Waals surface area contributed by atoms with Crippen molar-refractivity contribution in [2.24, 2.45) is 0 Å². The summed E-state index contributed by atoms with van der Waals surface area (Å²) in [7, 11) is 1.67. The maximum atomic E-state index is 12.2. The second kappa shape index (κ2) is 5.88. The summed E-state index contributed by atoms with van der Waals surface area (Å²) < 4.78 is 5.22. The van der Waals surface area contributed by atoms with Crippen LogP contribution >= 0.6 is 0 Å². The Balaban J connectivity index is 1.88. The first-order valence-electron chi connectivity index (χ1n) is 8.20. The third-order valence-corrected chi connectivity index (χ3v) is 5.08. The Morgan fingerprint density at radius 3 is 2.52 bits per heavy atom. The molecule has 1 atom stereocenters. The van der Waals surface area contributed by atoms with Crippen LogP contribution in [0.4, 0.5) is 0 Å². The minimum absolute atomic E-state index is 0.0553. The number of nitrogens with zero attached hydrogens (tertiary/aromatic N) is 1. The van der Waals surface area contributed by atoms with Crippen molar-refractivity contribution < 1.29 is 9.53 Å². The van der Waals surface area contributed by atoms with Gasteiger partial charge in [-0.2, -0.15) is 0 Å². The van der Waals surface area contributed by atoms with E-state index in [0.717, 1.165) is 30.8 Å². The average Bonchev–Trinajstić information content (AvgIpc) is 2.85. The van der Waals surface area contributed by atoms with Gasteiger partial charge in [-0.1, -0.05) is 17.7 Å². The smallest absolute Gasteiger partial charge is 0.159 e. The van der Waals surface area contributed by atoms with Gasteiger partial charge in [0, 0.05) is 36.7 Å². The van der Waals surface area contributed by atoms with Crippen molar-refractivity contribution in [1.29, 1.82) is 0 Å². The zero-order chi connectivity index (χ0) is 16.6. The summed E-state index contributed by atoms with van der Waals surface area (Å²) in [5, 5.41) is 0. The van der Waals surface area contributed by atoms with Gasteiger partial charge in [-0.05, 0) is 50.5 Å². The van der Waals surface area contributed by atoms with E-state index in [1.807, 2.05) is 18.2 Å². The first-order valence-corrected chi connectivity index (χ1v) is 8.20. The number of rotatable bonds is 3. The number of carbonyl (C=O) groups excluding carboxylic acids is 1. The molecule has 2 aliphatic rings. The van der Waals surface area contributed by atoms with Crippen LogP contribution in [0.25, 0.3) is 0 Å². The highest BCUT2D eigenvalue weighted by atomic mass is 16.5. The Morgan fingerprint density at radius 2 is 1.91 bits per heavy atom. The largest absolute Gasteiger partial charge is 0.497 e. The van der Waals surface area contributed by atoms with E-state index < -0.39 is 0 Å². The van der Waals surface area contributed by atoms with E-state index in [0.29, 0.717) is 6.42 Å². The zero-order valence-electron chi connectivity index (χ0n) is 14.5. The summed E-state index contributed by atoms with van der Waals surface area (Å²) >= 11 is 0. The molecule has 0 N–H and O–H groups in total. The third kappa shape index (κ3) is 3.05. The Kier molecular flexibility index (Phi) is 4.05. The lowest BCUT2D eigenvalue weighted by Gasteiger charge is -2.40. The van der Waals surface area contributed by atoms with Gasteiger partial charge < -0.3 is 9.64 Å². The highest BCUT2D eigenvalue weighted by Gasteiger charge is 2.44. The highest BCUT2D eigenvalue weighted by molar-refractivity contribution is 5.92. The van der Waals surface area contributed by atoms with Crippen LogP contribution in [-0.4, -0.2) is 29.9 Å². The number of allylic oxidation sites excluding steroid dienone is 3. The maximum Gasteiger partial charge on any atom is 0.159 e. The van der Waals surface area contributed by atoms with Crippen LogP contribution in [0, 0.1) is 0 Å². The minimum atomic E-state index is -0.0553. The SMILES string of the molecule is COc1ccc(CC2=CC(=O)C[C@@]3(C)CC(=C(C)C)CN23)cc1. The van der Waals surface area contributed by atoms with Crippen molar-refractivity contribution in [3.63, 3.8) is 0 Å². The van der Waals surface area contributed by atoms with E-state index in [1.165, 1.54) is 16.7 Å². The molecule has 1 saturated heterocycles. The first-order chi connectivity index (χ1) is 10.9. The molecule has 3 heteroatoms. The lowest BCUT2D eigenvalue weighted by molar-refractivity contribution is -0.117. The summed E-state index contributed by atoms with van der Waals surface area (Å²) in [4.78, 5) is 14.7. The van der Waals surface area contributed by atoms with Gasteiger partial charge >= 0.3 is 0 Å². The van der Waals surface area contributed by atoms with E-state index in [4.69, 9.17) is 4.74 Å². The van der Waals surface area contributed by atoms with Crippen molar-refractivity contribution in [2.75, 3.05) is 13.7 Å². The predicted molar refractivity (Wildman–Crippen MR) is 92.5 cm³/mol. The van der Waals surface area contributed by atoms with Crippen LogP contribution in [-0.2, 0) is 11.2 Å². The fourth-order valence-electron chi connectivity index (χ4n) is 3.72. The molecule has 0 radical (unpaired) electrons. The molecule has 0 bridgehead atoms. The minimum Gasteiger partial charge on any atom is -0.497 e. The molecule has 2 heterocycles. The van der Waals surface area contributed by atoms with Gasteiger partial charge in [0.15, 0.2) is 5.78 Å². The topological polar surface area (TPSA) is 29.5 Å². The van der Waals surface area contributed by atoms with Crippen LogP contribution in [0.1, 0.15) is 39.2 Å². The number of fused-ring (bicyclic) bond motifs is 1. The van der Waals surface area contributed by atoms with Crippen LogP contribution < -0.4 is 4.74 Å². The average molecular weight is 311 g/mol. The van der Waals surface area contributed by atoms with Crippen LogP contribution in [0.5, 0.6) is 5.75 Å². The standard InChI is InChI=1S/C20H25NO2/c1-14(2)16-11-20(3)12-18(22)10-17(21(20)13-16)9-15-5-7-19(23-4)8-6-15/h5-8,10H,9,11-13H2,1-4H3/t20-/m1/s1. The fourth-order valence-corrected chi connectivity index (χ4v) is 3.72. The number of hydrogen-bond donors (Lipinski definition) is 0. The molecular weight excluding hydrogens is 286 g/mol. The van der Waals surface area contributed by atoms with Gasteiger partial charge in [0.25, 0.3) is 0 Å². The molecule has 3 nitrogen and oxygen atoms in total. The molecule has 0 aliphatic carbocycles. The van der Waals surface area contributed by atoms with Gasteiger partial charge in [-0.15, -0.1) is 0 Å². The molecule has 1 fully saturated rings. The summed E-state index contributed by atoms with van der Waals surface area (Å²) in [5.41, 5.74) is 5.16. The van der Waals surface area contributed by atoms with E-state index >= 15 is 0 Å². The monoisotopic (exact) mass is 311 g/mol. The van der Waals surface area contributed by atoms with Gasteiger partial charge in [0.05, 0.1) is 7.11 Å². The zero-order valence-corrected chi connectivity index (χ0v) is 14.5. The molecule has 0 aromatic heterocycles. The second-order valence-electron chi connectivity index (χ2n) is 7.17. The molecule has 0 amide bonds. The molecule has 1 aromatic carbocycles. The number of carbonyl (C=O) groups is 1. The van der Waals surface area contributed by atoms with Crippen LogP contribution in [0.15, 0.2) is 47.2 Å². The molecule has 0 unspecified atom stereocenters. The Morgan fingerprint density at radius 1 is 1.22 bits per heavy atom. The molecule has 23 heavy (non-hydrogen) atoms. The quantitative estimate of drug-likeness (QED) is 0.793. The van der Waals surface area contributed by atoms with Crippen LogP contribution in [0.3, 0.4) is 0 Å². The second-order valence-corrected chi connectivity index (χ2v) is 7.17. The maximum absolute atomic E-state index is 12.2. The molecule has 2 aliphatic heterocycles. The Hall–Kier alpha value is -2.03. The van der Waals surface area contributed by atoms with E-state index in [1.54, 1.807) is 7.11 Å². The summed E-state index contributed by atoms with van der Waals surface area (Å²) in [6.07, 6.45) is 4.26. The summed E-state index contributed by atoms with van der Waals surface area (Å²) in [5.74, 6) is 1.11. The Labute approximate surface area is 138 Å². The summed E-state index contributed by atoms with van der Waals surface area (Å²) in [6, 6.07) is 8.11. The van der Waals surface area contributed by atoms with Gasteiger partial charge in [-0.3, -0.25) is 4.79 Å². The number of ether oxygens (including phenoxy) is 1. The van der Waals surface area contributed by atoms with E-state index in [2.05, 4.69) is 37.8 Å². The van der Waals surface area contributed by atoms with Gasteiger partial charge in [0.2, 0.25) is 0 Å². The molecular formula is C20H25NO2. The number of ketones is 1. The predicted octanol–water partition coefficient (Wildman–Crippen LogP) is 3.90. The molecule has 122 valence electrons. The molecule has 1 aromatic rings.